The Labute approximate surface area is 154 Å². The van der Waals surface area contributed by atoms with Crippen LogP contribution < -0.4 is 4.74 Å². The monoisotopic (exact) mass is 364 g/mol. The average Bonchev–Trinajstić information content (AvgIpc) is 2.67. The van der Waals surface area contributed by atoms with E-state index in [0.717, 1.165) is 31.5 Å². The number of aryl methyl sites for hydroxylation is 1. The topological polar surface area (TPSA) is 53.0 Å². The quantitative estimate of drug-likeness (QED) is 0.869. The number of thioether (sulfide) groups is 1. The number of piperidine rings is 1. The predicted octanol–water partition coefficient (Wildman–Crippen LogP) is 2.37. The third-order valence-corrected chi connectivity index (χ3v) is 6.19. The fourth-order valence-corrected chi connectivity index (χ4v) is 4.65. The van der Waals surface area contributed by atoms with Crippen molar-refractivity contribution in [3.05, 3.63) is 23.8 Å². The van der Waals surface area contributed by atoms with E-state index in [9.17, 15) is 9.90 Å². The molecule has 0 spiro atoms. The maximum Gasteiger partial charge on any atom is 0.222 e. The van der Waals surface area contributed by atoms with Crippen LogP contribution in [0.15, 0.2) is 18.2 Å². The maximum atomic E-state index is 12.5. The van der Waals surface area contributed by atoms with E-state index in [-0.39, 0.29) is 11.7 Å². The van der Waals surface area contributed by atoms with Crippen LogP contribution in [0.5, 0.6) is 11.5 Å². The van der Waals surface area contributed by atoms with Gasteiger partial charge in [-0.2, -0.15) is 11.8 Å². The third-order valence-electron chi connectivity index (χ3n) is 5.25. The molecule has 2 fully saturated rings. The molecule has 25 heavy (non-hydrogen) atoms. The maximum absolute atomic E-state index is 12.5. The fourth-order valence-electron chi connectivity index (χ4n) is 3.72. The van der Waals surface area contributed by atoms with E-state index in [2.05, 4.69) is 4.90 Å². The fraction of sp³-hybridized carbons (Fsp3) is 0.632. The molecular formula is C19H28N2O3S. The number of rotatable bonds is 5. The second-order valence-corrected chi connectivity index (χ2v) is 7.99. The highest BCUT2D eigenvalue weighted by atomic mass is 32.2. The number of carbonyl (C=O) groups excluding carboxylic acids is 1. The van der Waals surface area contributed by atoms with Gasteiger partial charge < -0.3 is 14.7 Å². The second-order valence-electron chi connectivity index (χ2n) is 6.77. The number of hydrogen-bond donors (Lipinski definition) is 1. The molecule has 2 saturated heterocycles. The Morgan fingerprint density at radius 2 is 1.96 bits per heavy atom. The lowest BCUT2D eigenvalue weighted by Crippen LogP contribution is -2.49. The molecule has 0 unspecified atom stereocenters. The summed E-state index contributed by atoms with van der Waals surface area (Å²) in [6.45, 7) is 4.15. The van der Waals surface area contributed by atoms with Crippen LogP contribution in [0.1, 0.15) is 24.8 Å². The minimum absolute atomic E-state index is 0.132. The van der Waals surface area contributed by atoms with Crippen molar-refractivity contribution in [3.8, 4) is 11.5 Å². The van der Waals surface area contributed by atoms with Crippen molar-refractivity contribution in [1.82, 2.24) is 9.80 Å². The van der Waals surface area contributed by atoms with Crippen molar-refractivity contribution in [2.24, 2.45) is 0 Å². The lowest BCUT2D eigenvalue weighted by Gasteiger charge is -2.40. The first kappa shape index (κ1) is 18.4. The first-order valence-electron chi connectivity index (χ1n) is 9.13. The zero-order chi connectivity index (χ0) is 17.6. The SMILES string of the molecule is COc1ccc(CCC(=O)N2CCC(N3CCSCC3)CC2)cc1O. The van der Waals surface area contributed by atoms with Crippen LogP contribution >= 0.6 is 11.8 Å². The van der Waals surface area contributed by atoms with Gasteiger partial charge in [0.1, 0.15) is 0 Å². The van der Waals surface area contributed by atoms with Crippen LogP contribution in [-0.4, -0.2) is 71.6 Å². The largest absolute Gasteiger partial charge is 0.504 e. The molecule has 0 aromatic heterocycles. The molecule has 5 nitrogen and oxygen atoms in total. The van der Waals surface area contributed by atoms with Crippen molar-refractivity contribution in [1.29, 1.82) is 0 Å². The van der Waals surface area contributed by atoms with E-state index in [1.807, 2.05) is 22.7 Å². The molecule has 0 atom stereocenters. The summed E-state index contributed by atoms with van der Waals surface area (Å²) in [6, 6.07) is 6.00. The Bertz CT molecular complexity index is 582. The molecule has 1 amide bonds. The summed E-state index contributed by atoms with van der Waals surface area (Å²) in [5.74, 6) is 3.31. The highest BCUT2D eigenvalue weighted by molar-refractivity contribution is 7.99. The summed E-state index contributed by atoms with van der Waals surface area (Å²) in [6.07, 6.45) is 3.34. The second kappa shape index (κ2) is 8.81. The number of hydrogen-bond acceptors (Lipinski definition) is 5. The highest BCUT2D eigenvalue weighted by Crippen LogP contribution is 2.27. The van der Waals surface area contributed by atoms with Crippen LogP contribution in [0.3, 0.4) is 0 Å². The van der Waals surface area contributed by atoms with E-state index in [1.165, 1.54) is 31.7 Å². The molecule has 138 valence electrons. The normalized spacial score (nSPS) is 19.8. The highest BCUT2D eigenvalue weighted by Gasteiger charge is 2.27. The number of carbonyl (C=O) groups is 1. The summed E-state index contributed by atoms with van der Waals surface area (Å²) >= 11 is 2.04. The zero-order valence-corrected chi connectivity index (χ0v) is 15.8. The van der Waals surface area contributed by atoms with Gasteiger partial charge in [0.2, 0.25) is 5.91 Å². The van der Waals surface area contributed by atoms with Gasteiger partial charge in [-0.3, -0.25) is 9.69 Å². The van der Waals surface area contributed by atoms with E-state index in [4.69, 9.17) is 4.74 Å². The summed E-state index contributed by atoms with van der Waals surface area (Å²) in [4.78, 5) is 17.1. The van der Waals surface area contributed by atoms with Gasteiger partial charge in [0.15, 0.2) is 11.5 Å². The minimum Gasteiger partial charge on any atom is -0.504 e. The number of aromatic hydroxyl groups is 1. The van der Waals surface area contributed by atoms with Gasteiger partial charge in [-0.1, -0.05) is 6.07 Å². The molecule has 6 heteroatoms. The first-order chi connectivity index (χ1) is 12.2. The van der Waals surface area contributed by atoms with Crippen molar-refractivity contribution in [2.75, 3.05) is 44.8 Å². The number of amides is 1. The first-order valence-corrected chi connectivity index (χ1v) is 10.3. The number of likely N-dealkylation sites (tertiary alicyclic amines) is 1. The van der Waals surface area contributed by atoms with Crippen molar-refractivity contribution < 1.29 is 14.6 Å². The van der Waals surface area contributed by atoms with E-state index in [0.29, 0.717) is 24.6 Å². The summed E-state index contributed by atoms with van der Waals surface area (Å²) < 4.78 is 5.05. The molecule has 0 aliphatic carbocycles. The number of benzene rings is 1. The van der Waals surface area contributed by atoms with Crippen LogP contribution in [0, 0.1) is 0 Å². The van der Waals surface area contributed by atoms with Crippen LogP contribution in [0.4, 0.5) is 0 Å². The predicted molar refractivity (Wildman–Crippen MR) is 101 cm³/mol. The van der Waals surface area contributed by atoms with Gasteiger partial charge in [0.25, 0.3) is 0 Å². The van der Waals surface area contributed by atoms with Gasteiger partial charge in [0, 0.05) is 50.1 Å². The Hall–Kier alpha value is -1.40. The molecule has 0 saturated carbocycles. The summed E-state index contributed by atoms with van der Waals surface area (Å²) in [7, 11) is 1.53. The lowest BCUT2D eigenvalue weighted by molar-refractivity contribution is -0.132. The number of ether oxygens (including phenoxy) is 1. The summed E-state index contributed by atoms with van der Waals surface area (Å²) in [5.41, 5.74) is 0.965. The molecule has 3 rings (SSSR count). The number of phenols is 1. The smallest absolute Gasteiger partial charge is 0.222 e. The number of nitrogens with zero attached hydrogens (tertiary/aromatic N) is 2. The van der Waals surface area contributed by atoms with Crippen molar-refractivity contribution in [3.63, 3.8) is 0 Å². The van der Waals surface area contributed by atoms with Gasteiger partial charge in [-0.15, -0.1) is 0 Å². The molecular weight excluding hydrogens is 336 g/mol. The minimum atomic E-state index is 0.132. The molecule has 1 aromatic carbocycles. The van der Waals surface area contributed by atoms with E-state index >= 15 is 0 Å². The third kappa shape index (κ3) is 4.82. The Balaban J connectivity index is 1.44. The summed E-state index contributed by atoms with van der Waals surface area (Å²) in [5, 5.41) is 9.83. The molecule has 2 aliphatic rings. The van der Waals surface area contributed by atoms with Gasteiger partial charge in [-0.25, -0.2) is 0 Å². The van der Waals surface area contributed by atoms with E-state index < -0.39 is 0 Å². The number of phenolic OH excluding ortho intramolecular Hbond substituents is 1. The van der Waals surface area contributed by atoms with Gasteiger partial charge in [0.05, 0.1) is 7.11 Å². The molecule has 0 bridgehead atoms. The van der Waals surface area contributed by atoms with Gasteiger partial charge in [-0.05, 0) is 37.0 Å². The standard InChI is InChI=1S/C19H28N2O3S/c1-24-18-4-2-15(14-17(18)22)3-5-19(23)21-8-6-16(7-9-21)20-10-12-25-13-11-20/h2,4,14,16,22H,3,5-13H2,1H3. The van der Waals surface area contributed by atoms with Crippen molar-refractivity contribution in [2.45, 2.75) is 31.7 Å². The van der Waals surface area contributed by atoms with E-state index in [1.54, 1.807) is 12.1 Å². The zero-order valence-electron chi connectivity index (χ0n) is 14.9. The van der Waals surface area contributed by atoms with Crippen LogP contribution in [0.25, 0.3) is 0 Å². The average molecular weight is 365 g/mol. The molecule has 0 radical (unpaired) electrons. The Kier molecular flexibility index (Phi) is 6.48. The molecule has 2 aliphatic heterocycles. The molecule has 2 heterocycles. The molecule has 1 N–H and O–H groups in total. The van der Waals surface area contributed by atoms with Gasteiger partial charge >= 0.3 is 0 Å². The van der Waals surface area contributed by atoms with Crippen LogP contribution in [0.2, 0.25) is 0 Å². The van der Waals surface area contributed by atoms with Crippen molar-refractivity contribution >= 4 is 17.7 Å². The molecule has 1 aromatic rings. The van der Waals surface area contributed by atoms with Crippen LogP contribution in [-0.2, 0) is 11.2 Å². The lowest BCUT2D eigenvalue weighted by atomic mass is 10.0. The Morgan fingerprint density at radius 3 is 2.60 bits per heavy atom. The number of methoxy groups -OCH3 is 1. The Morgan fingerprint density at radius 1 is 1.24 bits per heavy atom.